The first-order valence-electron chi connectivity index (χ1n) is 4.89. The summed E-state index contributed by atoms with van der Waals surface area (Å²) in [5.74, 6) is 0. The van der Waals surface area contributed by atoms with Crippen LogP contribution in [-0.4, -0.2) is 39.1 Å². The van der Waals surface area contributed by atoms with Crippen molar-refractivity contribution in [2.45, 2.75) is 4.90 Å². The first-order chi connectivity index (χ1) is 8.34. The number of ether oxygens (including phenoxy) is 1. The van der Waals surface area contributed by atoms with Crippen LogP contribution in [0.1, 0.15) is 0 Å². The van der Waals surface area contributed by atoms with E-state index in [1.165, 1.54) is 18.2 Å². The van der Waals surface area contributed by atoms with Gasteiger partial charge in [0.1, 0.15) is 6.61 Å². The zero-order valence-electron chi connectivity index (χ0n) is 9.51. The third-order valence-corrected chi connectivity index (χ3v) is 3.37. The highest BCUT2D eigenvalue weighted by molar-refractivity contribution is 7.90. The van der Waals surface area contributed by atoms with Crippen LogP contribution >= 0.6 is 11.6 Å². The lowest BCUT2D eigenvalue weighted by Crippen LogP contribution is -2.16. The SMILES string of the molecule is CS(=O)(=O)c1ccc(Cl)c(NC(=O)OCCO)c1. The highest BCUT2D eigenvalue weighted by Gasteiger charge is 2.12. The minimum Gasteiger partial charge on any atom is -0.447 e. The molecule has 0 aliphatic rings. The monoisotopic (exact) mass is 293 g/mol. The highest BCUT2D eigenvalue weighted by Crippen LogP contribution is 2.25. The molecule has 100 valence electrons. The number of sulfone groups is 1. The summed E-state index contributed by atoms with van der Waals surface area (Å²) in [5, 5.41) is 10.9. The highest BCUT2D eigenvalue weighted by atomic mass is 35.5. The fourth-order valence-corrected chi connectivity index (χ4v) is 1.93. The maximum Gasteiger partial charge on any atom is 0.411 e. The Morgan fingerprint density at radius 1 is 1.50 bits per heavy atom. The van der Waals surface area contributed by atoms with Crippen molar-refractivity contribution in [1.29, 1.82) is 0 Å². The number of benzene rings is 1. The van der Waals surface area contributed by atoms with Gasteiger partial charge in [-0.05, 0) is 18.2 Å². The van der Waals surface area contributed by atoms with Crippen molar-refractivity contribution in [2.24, 2.45) is 0 Å². The number of amides is 1. The van der Waals surface area contributed by atoms with Gasteiger partial charge >= 0.3 is 6.09 Å². The largest absolute Gasteiger partial charge is 0.447 e. The lowest BCUT2D eigenvalue weighted by atomic mass is 10.3. The minimum absolute atomic E-state index is 0.0318. The molecule has 0 spiro atoms. The molecule has 0 heterocycles. The first-order valence-corrected chi connectivity index (χ1v) is 7.16. The van der Waals surface area contributed by atoms with E-state index in [-0.39, 0.29) is 28.8 Å². The summed E-state index contributed by atoms with van der Waals surface area (Å²) < 4.78 is 27.2. The molecule has 0 saturated heterocycles. The molecule has 1 aromatic rings. The van der Waals surface area contributed by atoms with Crippen molar-refractivity contribution in [3.8, 4) is 0 Å². The molecule has 1 aromatic carbocycles. The van der Waals surface area contributed by atoms with Gasteiger partial charge in [-0.2, -0.15) is 0 Å². The van der Waals surface area contributed by atoms with Crippen LogP contribution in [0, 0.1) is 0 Å². The van der Waals surface area contributed by atoms with Crippen molar-refractivity contribution in [3.05, 3.63) is 23.2 Å². The Labute approximate surface area is 109 Å². The number of aliphatic hydroxyl groups is 1. The molecule has 2 N–H and O–H groups in total. The summed E-state index contributed by atoms with van der Waals surface area (Å²) in [7, 11) is -3.39. The van der Waals surface area contributed by atoms with Gasteiger partial charge in [0.2, 0.25) is 0 Å². The van der Waals surface area contributed by atoms with Gasteiger partial charge in [0, 0.05) is 6.26 Å². The third-order valence-electron chi connectivity index (χ3n) is 1.93. The summed E-state index contributed by atoms with van der Waals surface area (Å²) in [4.78, 5) is 11.3. The van der Waals surface area contributed by atoms with Crippen molar-refractivity contribution in [1.82, 2.24) is 0 Å². The summed E-state index contributed by atoms with van der Waals surface area (Å²) in [6.07, 6.45) is 0.223. The van der Waals surface area contributed by atoms with Crippen LogP contribution in [-0.2, 0) is 14.6 Å². The Hall–Kier alpha value is -1.31. The maximum absolute atomic E-state index is 11.3. The molecule has 1 amide bonds. The predicted octanol–water partition coefficient (Wildman–Crippen LogP) is 1.28. The molecule has 8 heteroatoms. The van der Waals surface area contributed by atoms with Gasteiger partial charge in [-0.1, -0.05) is 11.6 Å². The zero-order chi connectivity index (χ0) is 13.8. The minimum atomic E-state index is -3.39. The van der Waals surface area contributed by atoms with E-state index < -0.39 is 15.9 Å². The molecule has 18 heavy (non-hydrogen) atoms. The van der Waals surface area contributed by atoms with Crippen LogP contribution in [0.25, 0.3) is 0 Å². The van der Waals surface area contributed by atoms with Gasteiger partial charge in [-0.3, -0.25) is 5.32 Å². The molecular weight excluding hydrogens is 282 g/mol. The standard InChI is InChI=1S/C10H12ClNO5S/c1-18(15,16)7-2-3-8(11)9(6-7)12-10(14)17-5-4-13/h2-3,6,13H,4-5H2,1H3,(H,12,14). The molecule has 0 atom stereocenters. The van der Waals surface area contributed by atoms with Crippen LogP contribution in [0.4, 0.5) is 10.5 Å². The van der Waals surface area contributed by atoms with Crippen LogP contribution in [0.15, 0.2) is 23.1 Å². The first kappa shape index (κ1) is 14.7. The second kappa shape index (κ2) is 6.03. The third kappa shape index (κ3) is 4.17. The Morgan fingerprint density at radius 3 is 2.72 bits per heavy atom. The number of hydrogen-bond donors (Lipinski definition) is 2. The van der Waals surface area contributed by atoms with Crippen molar-refractivity contribution < 1.29 is 23.1 Å². The summed E-state index contributed by atoms with van der Waals surface area (Å²) in [6.45, 7) is -0.459. The van der Waals surface area contributed by atoms with Crippen LogP contribution < -0.4 is 5.32 Å². The molecule has 0 aliphatic carbocycles. The van der Waals surface area contributed by atoms with Gasteiger partial charge in [0.15, 0.2) is 9.84 Å². The maximum atomic E-state index is 11.3. The Kier molecular flexibility index (Phi) is 4.94. The summed E-state index contributed by atoms with van der Waals surface area (Å²) in [5.41, 5.74) is 0.127. The molecule has 6 nitrogen and oxygen atoms in total. The van der Waals surface area contributed by atoms with Crippen molar-refractivity contribution in [2.75, 3.05) is 24.8 Å². The molecule has 0 saturated carbocycles. The molecule has 0 aliphatic heterocycles. The number of carbonyl (C=O) groups is 1. The van der Waals surface area contributed by atoms with Gasteiger partial charge in [-0.25, -0.2) is 13.2 Å². The second-order valence-electron chi connectivity index (χ2n) is 3.40. The van der Waals surface area contributed by atoms with Crippen LogP contribution in [0.5, 0.6) is 0 Å². The van der Waals surface area contributed by atoms with Gasteiger partial charge in [0.25, 0.3) is 0 Å². The number of halogens is 1. The van der Waals surface area contributed by atoms with E-state index in [4.69, 9.17) is 16.7 Å². The Bertz CT molecular complexity index is 543. The van der Waals surface area contributed by atoms with Crippen molar-refractivity contribution in [3.63, 3.8) is 0 Å². The number of hydrogen-bond acceptors (Lipinski definition) is 5. The van der Waals surface area contributed by atoms with E-state index in [1.54, 1.807) is 0 Å². The normalized spacial score (nSPS) is 11.1. The average Bonchev–Trinajstić information content (AvgIpc) is 2.28. The van der Waals surface area contributed by atoms with E-state index in [2.05, 4.69) is 10.1 Å². The number of nitrogens with one attached hydrogen (secondary N) is 1. The molecule has 0 radical (unpaired) electrons. The fourth-order valence-electron chi connectivity index (χ4n) is 1.12. The topological polar surface area (TPSA) is 92.7 Å². The molecule has 1 rings (SSSR count). The summed E-state index contributed by atoms with van der Waals surface area (Å²) in [6, 6.07) is 3.93. The molecule has 0 aromatic heterocycles. The molecule has 0 unspecified atom stereocenters. The van der Waals surface area contributed by atoms with E-state index in [0.717, 1.165) is 6.26 Å². The molecule has 0 fully saturated rings. The molecular formula is C10H12ClNO5S. The van der Waals surface area contributed by atoms with Crippen LogP contribution in [0.2, 0.25) is 5.02 Å². The smallest absolute Gasteiger partial charge is 0.411 e. The number of rotatable bonds is 4. The fraction of sp³-hybridized carbons (Fsp3) is 0.300. The van der Waals surface area contributed by atoms with E-state index in [0.29, 0.717) is 0 Å². The number of carbonyl (C=O) groups excluding carboxylic acids is 1. The number of aliphatic hydroxyl groups excluding tert-OH is 1. The second-order valence-corrected chi connectivity index (χ2v) is 5.82. The lowest BCUT2D eigenvalue weighted by Gasteiger charge is -2.08. The van der Waals surface area contributed by atoms with Gasteiger partial charge in [0.05, 0.1) is 22.2 Å². The Morgan fingerprint density at radius 2 is 2.17 bits per heavy atom. The molecule has 0 bridgehead atoms. The average molecular weight is 294 g/mol. The summed E-state index contributed by atoms with van der Waals surface area (Å²) >= 11 is 5.81. The van der Waals surface area contributed by atoms with Gasteiger partial charge in [-0.15, -0.1) is 0 Å². The van der Waals surface area contributed by atoms with E-state index >= 15 is 0 Å². The predicted molar refractivity (Wildman–Crippen MR) is 66.6 cm³/mol. The quantitative estimate of drug-likeness (QED) is 0.872. The lowest BCUT2D eigenvalue weighted by molar-refractivity contribution is 0.131. The van der Waals surface area contributed by atoms with Gasteiger partial charge < -0.3 is 9.84 Å². The van der Waals surface area contributed by atoms with E-state index in [1.807, 2.05) is 0 Å². The zero-order valence-corrected chi connectivity index (χ0v) is 11.1. The van der Waals surface area contributed by atoms with Crippen molar-refractivity contribution >= 4 is 33.2 Å². The Balaban J connectivity index is 2.92. The van der Waals surface area contributed by atoms with E-state index in [9.17, 15) is 13.2 Å². The number of anilines is 1. The van der Waals surface area contributed by atoms with Crippen LogP contribution in [0.3, 0.4) is 0 Å².